The highest BCUT2D eigenvalue weighted by Gasteiger charge is 2.09. The van der Waals surface area contributed by atoms with Gasteiger partial charge in [-0.2, -0.15) is 0 Å². The molecule has 1 aromatic heterocycles. The van der Waals surface area contributed by atoms with Gasteiger partial charge in [0.1, 0.15) is 0 Å². The Morgan fingerprint density at radius 3 is 3.07 bits per heavy atom. The maximum absolute atomic E-state index is 11.2. The molecule has 1 aromatic carbocycles. The number of halogens is 1. The molecule has 0 aliphatic rings. The van der Waals surface area contributed by atoms with Crippen molar-refractivity contribution in [1.82, 2.24) is 0 Å². The normalized spacial score (nSPS) is 10.5. The summed E-state index contributed by atoms with van der Waals surface area (Å²) in [5.41, 5.74) is 0.976. The van der Waals surface area contributed by atoms with E-state index in [0.29, 0.717) is 11.4 Å². The highest BCUT2D eigenvalue weighted by Crippen LogP contribution is 2.28. The topological polar surface area (TPSA) is 26.3 Å². The SMILES string of the molecule is COC(=O)Cc1csc2ccc(Cl)cc12. The number of fused-ring (bicyclic) bond motifs is 1. The quantitative estimate of drug-likeness (QED) is 0.753. The van der Waals surface area contributed by atoms with Crippen LogP contribution in [0.25, 0.3) is 10.1 Å². The largest absolute Gasteiger partial charge is 0.469 e. The molecule has 78 valence electrons. The molecular weight excluding hydrogens is 232 g/mol. The second kappa shape index (κ2) is 4.21. The van der Waals surface area contributed by atoms with Gasteiger partial charge in [0.05, 0.1) is 13.5 Å². The van der Waals surface area contributed by atoms with E-state index in [4.69, 9.17) is 11.6 Å². The summed E-state index contributed by atoms with van der Waals surface area (Å²) in [6.07, 6.45) is 0.302. The van der Waals surface area contributed by atoms with Crippen molar-refractivity contribution >= 4 is 39.0 Å². The fourth-order valence-electron chi connectivity index (χ4n) is 1.42. The van der Waals surface area contributed by atoms with Crippen LogP contribution in [-0.2, 0) is 16.0 Å². The molecule has 0 bridgehead atoms. The third kappa shape index (κ3) is 2.13. The molecule has 2 rings (SSSR count). The number of hydrogen-bond acceptors (Lipinski definition) is 3. The number of carbonyl (C=O) groups is 1. The predicted octanol–water partition coefficient (Wildman–Crippen LogP) is 3.27. The first-order valence-corrected chi connectivity index (χ1v) is 5.69. The zero-order valence-electron chi connectivity index (χ0n) is 8.12. The minimum absolute atomic E-state index is 0.227. The smallest absolute Gasteiger partial charge is 0.310 e. The van der Waals surface area contributed by atoms with E-state index in [0.717, 1.165) is 15.6 Å². The zero-order chi connectivity index (χ0) is 10.8. The van der Waals surface area contributed by atoms with Crippen LogP contribution in [-0.4, -0.2) is 13.1 Å². The van der Waals surface area contributed by atoms with Gasteiger partial charge in [-0.1, -0.05) is 11.6 Å². The molecule has 0 saturated carbocycles. The van der Waals surface area contributed by atoms with E-state index in [1.54, 1.807) is 11.3 Å². The molecule has 2 aromatic rings. The average molecular weight is 241 g/mol. The van der Waals surface area contributed by atoms with Gasteiger partial charge in [-0.3, -0.25) is 4.79 Å². The molecule has 1 heterocycles. The summed E-state index contributed by atoms with van der Waals surface area (Å²) in [6.45, 7) is 0. The maximum Gasteiger partial charge on any atom is 0.310 e. The Labute approximate surface area is 96.4 Å². The van der Waals surface area contributed by atoms with Gasteiger partial charge in [-0.15, -0.1) is 11.3 Å². The number of hydrogen-bond donors (Lipinski definition) is 0. The second-order valence-corrected chi connectivity index (χ2v) is 4.50. The monoisotopic (exact) mass is 240 g/mol. The Hall–Kier alpha value is -1.06. The van der Waals surface area contributed by atoms with E-state index in [2.05, 4.69) is 4.74 Å². The minimum Gasteiger partial charge on any atom is -0.469 e. The molecule has 4 heteroatoms. The lowest BCUT2D eigenvalue weighted by Gasteiger charge is -1.98. The van der Waals surface area contributed by atoms with E-state index in [1.165, 1.54) is 7.11 Å². The molecule has 0 aliphatic heterocycles. The van der Waals surface area contributed by atoms with Gasteiger partial charge in [-0.05, 0) is 34.5 Å². The number of esters is 1. The lowest BCUT2D eigenvalue weighted by molar-refractivity contribution is -0.139. The fourth-order valence-corrected chi connectivity index (χ4v) is 2.53. The van der Waals surface area contributed by atoms with Crippen LogP contribution in [0.3, 0.4) is 0 Å². The lowest BCUT2D eigenvalue weighted by atomic mass is 10.1. The number of thiophene rings is 1. The Bertz CT molecular complexity index is 504. The summed E-state index contributed by atoms with van der Waals surface area (Å²) in [7, 11) is 1.39. The Morgan fingerprint density at radius 1 is 1.53 bits per heavy atom. The Morgan fingerprint density at radius 2 is 2.33 bits per heavy atom. The molecule has 15 heavy (non-hydrogen) atoms. The van der Waals surface area contributed by atoms with Crippen LogP contribution in [0, 0.1) is 0 Å². The standard InChI is InChI=1S/C11H9ClO2S/c1-14-11(13)4-7-6-15-10-3-2-8(12)5-9(7)10/h2-3,5-6H,4H2,1H3. The third-order valence-electron chi connectivity index (χ3n) is 2.18. The first-order valence-electron chi connectivity index (χ1n) is 4.43. The van der Waals surface area contributed by atoms with Crippen LogP contribution in [0.5, 0.6) is 0 Å². The van der Waals surface area contributed by atoms with E-state index >= 15 is 0 Å². The Kier molecular flexibility index (Phi) is 2.93. The van der Waals surface area contributed by atoms with E-state index in [9.17, 15) is 4.79 Å². The molecule has 0 spiro atoms. The Balaban J connectivity index is 2.43. The summed E-state index contributed by atoms with van der Waals surface area (Å²) in [4.78, 5) is 11.2. The van der Waals surface area contributed by atoms with Gasteiger partial charge in [0.15, 0.2) is 0 Å². The molecular formula is C11H9ClO2S. The van der Waals surface area contributed by atoms with Crippen molar-refractivity contribution in [2.24, 2.45) is 0 Å². The van der Waals surface area contributed by atoms with E-state index < -0.39 is 0 Å². The first-order chi connectivity index (χ1) is 7.20. The molecule has 0 radical (unpaired) electrons. The maximum atomic E-state index is 11.2. The number of rotatable bonds is 2. The lowest BCUT2D eigenvalue weighted by Crippen LogP contribution is -2.03. The molecule has 0 unspecified atom stereocenters. The minimum atomic E-state index is -0.227. The second-order valence-electron chi connectivity index (χ2n) is 3.15. The molecule has 0 N–H and O–H groups in total. The molecule has 0 fully saturated rings. The van der Waals surface area contributed by atoms with Gasteiger partial charge >= 0.3 is 5.97 Å². The van der Waals surface area contributed by atoms with Crippen LogP contribution in [0.4, 0.5) is 0 Å². The predicted molar refractivity (Wildman–Crippen MR) is 62.6 cm³/mol. The highest BCUT2D eigenvalue weighted by atomic mass is 35.5. The van der Waals surface area contributed by atoms with Crippen molar-refractivity contribution in [1.29, 1.82) is 0 Å². The molecule has 0 atom stereocenters. The van der Waals surface area contributed by atoms with E-state index in [-0.39, 0.29) is 5.97 Å². The van der Waals surface area contributed by atoms with Gasteiger partial charge in [0, 0.05) is 9.72 Å². The van der Waals surface area contributed by atoms with Crippen molar-refractivity contribution < 1.29 is 9.53 Å². The first kappa shape index (κ1) is 10.5. The van der Waals surface area contributed by atoms with Gasteiger partial charge in [0.25, 0.3) is 0 Å². The third-order valence-corrected chi connectivity index (χ3v) is 3.43. The summed E-state index contributed by atoms with van der Waals surface area (Å²) in [5, 5.41) is 3.70. The van der Waals surface area contributed by atoms with Crippen molar-refractivity contribution in [3.63, 3.8) is 0 Å². The average Bonchev–Trinajstić information content (AvgIpc) is 2.61. The summed E-state index contributed by atoms with van der Waals surface area (Å²) >= 11 is 7.52. The van der Waals surface area contributed by atoms with Gasteiger partial charge in [0.2, 0.25) is 0 Å². The van der Waals surface area contributed by atoms with Crippen molar-refractivity contribution in [2.75, 3.05) is 7.11 Å². The van der Waals surface area contributed by atoms with Gasteiger partial charge < -0.3 is 4.74 Å². The van der Waals surface area contributed by atoms with Gasteiger partial charge in [-0.25, -0.2) is 0 Å². The van der Waals surface area contributed by atoms with Crippen LogP contribution >= 0.6 is 22.9 Å². The molecule has 2 nitrogen and oxygen atoms in total. The number of ether oxygens (including phenoxy) is 1. The van der Waals surface area contributed by atoms with Crippen LogP contribution in [0.15, 0.2) is 23.6 Å². The number of carbonyl (C=O) groups excluding carboxylic acids is 1. The van der Waals surface area contributed by atoms with Crippen LogP contribution < -0.4 is 0 Å². The van der Waals surface area contributed by atoms with Crippen LogP contribution in [0.2, 0.25) is 5.02 Å². The van der Waals surface area contributed by atoms with E-state index in [1.807, 2.05) is 23.6 Å². The zero-order valence-corrected chi connectivity index (χ0v) is 9.69. The highest BCUT2D eigenvalue weighted by molar-refractivity contribution is 7.17. The van der Waals surface area contributed by atoms with Crippen molar-refractivity contribution in [2.45, 2.75) is 6.42 Å². The number of methoxy groups -OCH3 is 1. The molecule has 0 amide bonds. The number of benzene rings is 1. The fraction of sp³-hybridized carbons (Fsp3) is 0.182. The van der Waals surface area contributed by atoms with Crippen molar-refractivity contribution in [3.05, 3.63) is 34.2 Å². The summed E-state index contributed by atoms with van der Waals surface area (Å²) in [6, 6.07) is 5.69. The van der Waals surface area contributed by atoms with Crippen LogP contribution in [0.1, 0.15) is 5.56 Å². The molecule has 0 aliphatic carbocycles. The summed E-state index contributed by atoms with van der Waals surface area (Å²) in [5.74, 6) is -0.227. The summed E-state index contributed by atoms with van der Waals surface area (Å²) < 4.78 is 5.77. The molecule has 0 saturated heterocycles. The van der Waals surface area contributed by atoms with Crippen molar-refractivity contribution in [3.8, 4) is 0 Å².